The number of ether oxygens (including phenoxy) is 1. The Hall–Kier alpha value is -1.10. The Morgan fingerprint density at radius 1 is 1.32 bits per heavy atom. The Morgan fingerprint density at radius 2 is 2.11 bits per heavy atom. The van der Waals surface area contributed by atoms with Crippen LogP contribution in [0.1, 0.15) is 18.1 Å². The van der Waals surface area contributed by atoms with E-state index in [0.29, 0.717) is 0 Å². The third-order valence-corrected chi connectivity index (χ3v) is 3.92. The van der Waals surface area contributed by atoms with Crippen LogP contribution in [0.4, 0.5) is 0 Å². The van der Waals surface area contributed by atoms with Crippen molar-refractivity contribution in [2.24, 2.45) is 0 Å². The second-order valence-electron chi connectivity index (χ2n) is 5.39. The van der Waals surface area contributed by atoms with Crippen LogP contribution < -0.4 is 4.74 Å². The monoisotopic (exact) mass is 264 g/mol. The second-order valence-corrected chi connectivity index (χ2v) is 5.39. The minimum absolute atomic E-state index is 0.125. The minimum Gasteiger partial charge on any atom is -0.497 e. The predicted molar refractivity (Wildman–Crippen MR) is 76.5 cm³/mol. The zero-order valence-corrected chi connectivity index (χ0v) is 12.0. The lowest BCUT2D eigenvalue weighted by Crippen LogP contribution is -2.42. The summed E-state index contributed by atoms with van der Waals surface area (Å²) < 4.78 is 5.23. The zero-order valence-electron chi connectivity index (χ0n) is 12.0. The largest absolute Gasteiger partial charge is 0.497 e. The molecule has 1 aliphatic heterocycles. The van der Waals surface area contributed by atoms with E-state index in [1.165, 1.54) is 0 Å². The molecule has 0 saturated carbocycles. The number of rotatable bonds is 3. The number of methoxy groups -OCH3 is 1. The molecule has 2 rings (SSSR count). The molecule has 106 valence electrons. The van der Waals surface area contributed by atoms with Crippen molar-refractivity contribution in [2.75, 3.05) is 40.8 Å². The standard InChI is InChI=1S/C15H24N2O2/c1-16-8-5-9-17(2)14(11-16)15(18)12-6-4-7-13(10-12)19-3/h4,6-7,10,14-15,18H,5,8-9,11H2,1-3H3. The Bertz CT molecular complexity index is 411. The van der Waals surface area contributed by atoms with Crippen LogP contribution in [-0.2, 0) is 0 Å². The number of aliphatic hydroxyl groups is 1. The molecule has 4 heteroatoms. The average molecular weight is 264 g/mol. The smallest absolute Gasteiger partial charge is 0.119 e. The lowest BCUT2D eigenvalue weighted by molar-refractivity contribution is 0.0571. The van der Waals surface area contributed by atoms with E-state index in [0.717, 1.165) is 37.4 Å². The first-order valence-electron chi connectivity index (χ1n) is 6.82. The van der Waals surface area contributed by atoms with Gasteiger partial charge in [0.25, 0.3) is 0 Å². The maximum Gasteiger partial charge on any atom is 0.119 e. The molecule has 1 aliphatic rings. The SMILES string of the molecule is COc1cccc(C(O)C2CN(C)CCCN2C)c1. The number of benzene rings is 1. The van der Waals surface area contributed by atoms with E-state index in [4.69, 9.17) is 4.74 Å². The highest BCUT2D eigenvalue weighted by molar-refractivity contribution is 5.30. The van der Waals surface area contributed by atoms with Crippen LogP contribution in [0.2, 0.25) is 0 Å². The molecule has 4 nitrogen and oxygen atoms in total. The number of hydrogen-bond acceptors (Lipinski definition) is 4. The highest BCUT2D eigenvalue weighted by Crippen LogP contribution is 2.25. The van der Waals surface area contributed by atoms with Crippen LogP contribution in [0.25, 0.3) is 0 Å². The van der Waals surface area contributed by atoms with Crippen molar-refractivity contribution >= 4 is 0 Å². The first kappa shape index (κ1) is 14.3. The normalized spacial score (nSPS) is 23.9. The van der Waals surface area contributed by atoms with Crippen molar-refractivity contribution in [1.82, 2.24) is 9.80 Å². The van der Waals surface area contributed by atoms with Gasteiger partial charge in [-0.25, -0.2) is 0 Å². The van der Waals surface area contributed by atoms with Gasteiger partial charge in [-0.05, 0) is 51.3 Å². The summed E-state index contributed by atoms with van der Waals surface area (Å²) in [4.78, 5) is 4.55. The van der Waals surface area contributed by atoms with Gasteiger partial charge in [0.1, 0.15) is 5.75 Å². The van der Waals surface area contributed by atoms with E-state index in [1.54, 1.807) is 7.11 Å². The summed E-state index contributed by atoms with van der Waals surface area (Å²) in [5.41, 5.74) is 0.923. The van der Waals surface area contributed by atoms with E-state index in [9.17, 15) is 5.11 Å². The Balaban J connectivity index is 2.17. The Kier molecular flexibility index (Phi) is 4.80. The summed E-state index contributed by atoms with van der Waals surface area (Å²) in [7, 11) is 5.86. The molecular weight excluding hydrogens is 240 g/mol. The predicted octanol–water partition coefficient (Wildman–Crippen LogP) is 1.36. The molecule has 19 heavy (non-hydrogen) atoms. The molecule has 0 aromatic heterocycles. The summed E-state index contributed by atoms with van der Waals surface area (Å²) in [5.74, 6) is 0.793. The molecule has 0 spiro atoms. The van der Waals surface area contributed by atoms with Crippen molar-refractivity contribution in [3.8, 4) is 5.75 Å². The van der Waals surface area contributed by atoms with Gasteiger partial charge in [-0.1, -0.05) is 12.1 Å². The molecule has 0 radical (unpaired) electrons. The first-order valence-corrected chi connectivity index (χ1v) is 6.82. The highest BCUT2D eigenvalue weighted by Gasteiger charge is 2.28. The van der Waals surface area contributed by atoms with E-state index in [2.05, 4.69) is 23.9 Å². The number of hydrogen-bond donors (Lipinski definition) is 1. The molecule has 0 bridgehead atoms. The van der Waals surface area contributed by atoms with Crippen LogP contribution in [0.5, 0.6) is 5.75 Å². The molecular formula is C15H24N2O2. The van der Waals surface area contributed by atoms with Crippen LogP contribution in [0.3, 0.4) is 0 Å². The number of likely N-dealkylation sites (N-methyl/N-ethyl adjacent to an activating group) is 2. The summed E-state index contributed by atoms with van der Waals surface area (Å²) >= 11 is 0. The fourth-order valence-corrected chi connectivity index (χ4v) is 2.69. The average Bonchev–Trinajstić information content (AvgIpc) is 2.59. The maximum absolute atomic E-state index is 10.7. The quantitative estimate of drug-likeness (QED) is 0.894. The fraction of sp³-hybridized carbons (Fsp3) is 0.600. The molecule has 2 atom stereocenters. The lowest BCUT2D eigenvalue weighted by Gasteiger charge is -2.31. The van der Waals surface area contributed by atoms with Crippen molar-refractivity contribution in [3.63, 3.8) is 0 Å². The van der Waals surface area contributed by atoms with Crippen LogP contribution in [0.15, 0.2) is 24.3 Å². The fourth-order valence-electron chi connectivity index (χ4n) is 2.69. The molecule has 1 saturated heterocycles. The molecule has 1 fully saturated rings. The van der Waals surface area contributed by atoms with Crippen molar-refractivity contribution in [2.45, 2.75) is 18.6 Å². The van der Waals surface area contributed by atoms with Gasteiger partial charge in [-0.3, -0.25) is 4.90 Å². The number of aliphatic hydroxyl groups excluding tert-OH is 1. The first-order chi connectivity index (χ1) is 9.11. The molecule has 0 amide bonds. The summed E-state index contributed by atoms with van der Waals surface area (Å²) in [6, 6.07) is 7.84. The van der Waals surface area contributed by atoms with Gasteiger partial charge in [-0.2, -0.15) is 0 Å². The van der Waals surface area contributed by atoms with Gasteiger partial charge in [-0.15, -0.1) is 0 Å². The third kappa shape index (κ3) is 3.47. The van der Waals surface area contributed by atoms with Gasteiger partial charge in [0.15, 0.2) is 0 Å². The molecule has 1 heterocycles. The molecule has 1 N–H and O–H groups in total. The van der Waals surface area contributed by atoms with Crippen LogP contribution in [0, 0.1) is 0 Å². The van der Waals surface area contributed by atoms with Crippen molar-refractivity contribution in [1.29, 1.82) is 0 Å². The Labute approximate surface area is 115 Å². The third-order valence-electron chi connectivity index (χ3n) is 3.92. The van der Waals surface area contributed by atoms with E-state index in [1.807, 2.05) is 24.3 Å². The molecule has 0 aliphatic carbocycles. The lowest BCUT2D eigenvalue weighted by atomic mass is 10.0. The highest BCUT2D eigenvalue weighted by atomic mass is 16.5. The maximum atomic E-state index is 10.7. The summed E-state index contributed by atoms with van der Waals surface area (Å²) in [6.45, 7) is 3.00. The van der Waals surface area contributed by atoms with E-state index in [-0.39, 0.29) is 6.04 Å². The zero-order chi connectivity index (χ0) is 13.8. The van der Waals surface area contributed by atoms with Crippen molar-refractivity contribution < 1.29 is 9.84 Å². The summed E-state index contributed by atoms with van der Waals surface area (Å²) in [6.07, 6.45) is 0.662. The van der Waals surface area contributed by atoms with E-state index < -0.39 is 6.10 Å². The van der Waals surface area contributed by atoms with Gasteiger partial charge in [0.05, 0.1) is 19.3 Å². The van der Waals surface area contributed by atoms with Gasteiger partial charge >= 0.3 is 0 Å². The van der Waals surface area contributed by atoms with Crippen molar-refractivity contribution in [3.05, 3.63) is 29.8 Å². The minimum atomic E-state index is -0.486. The van der Waals surface area contributed by atoms with Gasteiger partial charge in [0, 0.05) is 6.54 Å². The Morgan fingerprint density at radius 3 is 2.84 bits per heavy atom. The van der Waals surface area contributed by atoms with Crippen LogP contribution in [-0.4, -0.2) is 61.8 Å². The van der Waals surface area contributed by atoms with Crippen LogP contribution >= 0.6 is 0 Å². The molecule has 1 aromatic carbocycles. The van der Waals surface area contributed by atoms with Gasteiger partial charge < -0.3 is 14.7 Å². The second kappa shape index (κ2) is 6.37. The topological polar surface area (TPSA) is 35.9 Å². The molecule has 1 aromatic rings. The molecule has 2 unspecified atom stereocenters. The van der Waals surface area contributed by atoms with Gasteiger partial charge in [0.2, 0.25) is 0 Å². The number of nitrogens with zero attached hydrogens (tertiary/aromatic N) is 2. The summed E-state index contributed by atoms with van der Waals surface area (Å²) in [5, 5.41) is 10.7. The van der Waals surface area contributed by atoms with E-state index >= 15 is 0 Å².